The van der Waals surface area contributed by atoms with E-state index in [0.717, 1.165) is 47.9 Å². The maximum Gasteiger partial charge on any atom is 0.170 e. The van der Waals surface area contributed by atoms with Crippen LogP contribution in [-0.4, -0.2) is 23.5 Å². The fourth-order valence-corrected chi connectivity index (χ4v) is 4.89. The molecule has 2 N–H and O–H groups in total. The lowest BCUT2D eigenvalue weighted by Gasteiger charge is -2.14. The van der Waals surface area contributed by atoms with E-state index in [-0.39, 0.29) is 0 Å². The highest BCUT2D eigenvalue weighted by atomic mass is 35.5. The molecular weight excluding hydrogens is 431 g/mol. The standard InChI is InChI=1S/C21H24Cl2N2OS2/c22-19-6-3-7-20(23)18(19)14-28-13-12-24-21(27)25-15-8-10-17(11-9-15)26-16-4-1-2-5-16/h3,6-11,16H,1-2,4-5,12-14H2,(H2,24,25,27). The van der Waals surface area contributed by atoms with Gasteiger partial charge in [0.1, 0.15) is 5.75 Å². The summed E-state index contributed by atoms with van der Waals surface area (Å²) in [4.78, 5) is 0. The van der Waals surface area contributed by atoms with Gasteiger partial charge in [-0.3, -0.25) is 0 Å². The van der Waals surface area contributed by atoms with Gasteiger partial charge in [0.05, 0.1) is 6.10 Å². The maximum absolute atomic E-state index is 6.19. The molecule has 0 bridgehead atoms. The quantitative estimate of drug-likeness (QED) is 0.349. The number of ether oxygens (including phenoxy) is 1. The Morgan fingerprint density at radius 1 is 1.07 bits per heavy atom. The van der Waals surface area contributed by atoms with Gasteiger partial charge in [-0.25, -0.2) is 0 Å². The number of nitrogens with one attached hydrogen (secondary N) is 2. The van der Waals surface area contributed by atoms with Crippen LogP contribution in [0.4, 0.5) is 5.69 Å². The lowest BCUT2D eigenvalue weighted by molar-refractivity contribution is 0.210. The summed E-state index contributed by atoms with van der Waals surface area (Å²) in [6.07, 6.45) is 5.24. The Morgan fingerprint density at radius 3 is 2.43 bits per heavy atom. The van der Waals surface area contributed by atoms with Gasteiger partial charge in [0.2, 0.25) is 0 Å². The molecule has 1 fully saturated rings. The summed E-state index contributed by atoms with van der Waals surface area (Å²) in [5, 5.41) is 8.46. The normalized spacial score (nSPS) is 14.1. The Morgan fingerprint density at radius 2 is 1.75 bits per heavy atom. The molecule has 2 aromatic carbocycles. The third kappa shape index (κ3) is 6.73. The first-order chi connectivity index (χ1) is 13.6. The Bertz CT molecular complexity index is 760. The molecule has 1 saturated carbocycles. The minimum absolute atomic E-state index is 0.375. The van der Waals surface area contributed by atoms with E-state index in [1.807, 2.05) is 42.5 Å². The van der Waals surface area contributed by atoms with Gasteiger partial charge in [0.15, 0.2) is 5.11 Å². The van der Waals surface area contributed by atoms with E-state index in [1.54, 1.807) is 11.8 Å². The van der Waals surface area contributed by atoms with Gasteiger partial charge in [-0.2, -0.15) is 11.8 Å². The van der Waals surface area contributed by atoms with Crippen molar-refractivity contribution in [3.05, 3.63) is 58.1 Å². The molecule has 3 nitrogen and oxygen atoms in total. The Balaban J connectivity index is 1.34. The predicted octanol–water partition coefficient (Wildman–Crippen LogP) is 6.53. The highest BCUT2D eigenvalue weighted by molar-refractivity contribution is 7.98. The number of hydrogen-bond donors (Lipinski definition) is 2. The van der Waals surface area contributed by atoms with Gasteiger partial charge in [-0.15, -0.1) is 0 Å². The Kier molecular flexibility index (Phi) is 8.59. The molecule has 0 aliphatic heterocycles. The molecule has 0 saturated heterocycles. The van der Waals surface area contributed by atoms with Crippen LogP contribution in [0.2, 0.25) is 10.0 Å². The van der Waals surface area contributed by atoms with E-state index < -0.39 is 0 Å². The molecule has 28 heavy (non-hydrogen) atoms. The zero-order valence-electron chi connectivity index (χ0n) is 15.5. The average molecular weight is 455 g/mol. The second kappa shape index (κ2) is 11.1. The summed E-state index contributed by atoms with van der Waals surface area (Å²) < 4.78 is 5.98. The first-order valence-electron chi connectivity index (χ1n) is 9.44. The summed E-state index contributed by atoms with van der Waals surface area (Å²) in [6, 6.07) is 13.6. The maximum atomic E-state index is 6.19. The fourth-order valence-electron chi connectivity index (χ4n) is 3.07. The number of halogens is 2. The smallest absolute Gasteiger partial charge is 0.170 e. The van der Waals surface area contributed by atoms with Crippen molar-refractivity contribution in [2.24, 2.45) is 0 Å². The largest absolute Gasteiger partial charge is 0.490 e. The lowest BCUT2D eigenvalue weighted by Crippen LogP contribution is -2.30. The van der Waals surface area contributed by atoms with E-state index in [4.69, 9.17) is 40.2 Å². The minimum atomic E-state index is 0.375. The number of thioether (sulfide) groups is 1. The van der Waals surface area contributed by atoms with Crippen LogP contribution >= 0.6 is 47.2 Å². The highest BCUT2D eigenvalue weighted by Gasteiger charge is 2.16. The zero-order valence-corrected chi connectivity index (χ0v) is 18.7. The van der Waals surface area contributed by atoms with Crippen molar-refractivity contribution in [2.75, 3.05) is 17.6 Å². The summed E-state index contributed by atoms with van der Waals surface area (Å²) in [6.45, 7) is 0.765. The van der Waals surface area contributed by atoms with Crippen LogP contribution in [0.3, 0.4) is 0 Å². The van der Waals surface area contributed by atoms with Crippen LogP contribution in [0.5, 0.6) is 5.75 Å². The molecule has 0 heterocycles. The topological polar surface area (TPSA) is 33.3 Å². The first kappa shape index (κ1) is 21.6. The number of hydrogen-bond acceptors (Lipinski definition) is 3. The van der Waals surface area contributed by atoms with Gasteiger partial charge in [-0.1, -0.05) is 29.3 Å². The molecule has 0 radical (unpaired) electrons. The van der Waals surface area contributed by atoms with Crippen molar-refractivity contribution >= 4 is 58.0 Å². The van der Waals surface area contributed by atoms with Crippen molar-refractivity contribution in [3.8, 4) is 5.75 Å². The average Bonchev–Trinajstić information content (AvgIpc) is 3.18. The summed E-state index contributed by atoms with van der Waals surface area (Å²) in [5.41, 5.74) is 1.93. The fraction of sp³-hybridized carbons (Fsp3) is 0.381. The number of rotatable bonds is 8. The van der Waals surface area contributed by atoms with Crippen LogP contribution in [-0.2, 0) is 5.75 Å². The number of thiocarbonyl (C=S) groups is 1. The van der Waals surface area contributed by atoms with E-state index in [2.05, 4.69) is 10.6 Å². The van der Waals surface area contributed by atoms with Crippen LogP contribution in [0.1, 0.15) is 31.2 Å². The Labute approximate surface area is 186 Å². The summed E-state index contributed by atoms with van der Waals surface area (Å²) in [7, 11) is 0. The minimum Gasteiger partial charge on any atom is -0.490 e. The molecule has 1 aliphatic rings. The summed E-state index contributed by atoms with van der Waals surface area (Å²) >= 11 is 19.5. The van der Waals surface area contributed by atoms with Gasteiger partial charge < -0.3 is 15.4 Å². The molecule has 0 unspecified atom stereocenters. The van der Waals surface area contributed by atoms with E-state index in [9.17, 15) is 0 Å². The lowest BCUT2D eigenvalue weighted by atomic mass is 10.2. The van der Waals surface area contributed by atoms with Crippen molar-refractivity contribution in [1.29, 1.82) is 0 Å². The third-order valence-electron chi connectivity index (χ3n) is 4.56. The SMILES string of the molecule is S=C(NCCSCc1c(Cl)cccc1Cl)Nc1ccc(OC2CCCC2)cc1. The van der Waals surface area contributed by atoms with E-state index in [1.165, 1.54) is 12.8 Å². The second-order valence-electron chi connectivity index (χ2n) is 6.68. The molecule has 3 rings (SSSR count). The molecule has 0 aromatic heterocycles. The van der Waals surface area contributed by atoms with Crippen molar-refractivity contribution in [1.82, 2.24) is 5.32 Å². The monoisotopic (exact) mass is 454 g/mol. The van der Waals surface area contributed by atoms with Crippen molar-refractivity contribution in [2.45, 2.75) is 37.5 Å². The highest BCUT2D eigenvalue weighted by Crippen LogP contribution is 2.28. The summed E-state index contributed by atoms with van der Waals surface area (Å²) in [5.74, 6) is 2.60. The molecule has 7 heteroatoms. The van der Waals surface area contributed by atoms with Crippen molar-refractivity contribution < 1.29 is 4.74 Å². The van der Waals surface area contributed by atoms with Gasteiger partial charge >= 0.3 is 0 Å². The molecule has 0 amide bonds. The molecule has 1 aliphatic carbocycles. The molecular formula is C21H24Cl2N2OS2. The van der Waals surface area contributed by atoms with Crippen LogP contribution in [0.25, 0.3) is 0 Å². The second-order valence-corrected chi connectivity index (χ2v) is 9.01. The number of benzene rings is 2. The van der Waals surface area contributed by atoms with Crippen molar-refractivity contribution in [3.63, 3.8) is 0 Å². The van der Waals surface area contributed by atoms with Gasteiger partial charge in [0, 0.05) is 33.8 Å². The van der Waals surface area contributed by atoms with Crippen LogP contribution < -0.4 is 15.4 Å². The van der Waals surface area contributed by atoms with Crippen LogP contribution in [0.15, 0.2) is 42.5 Å². The predicted molar refractivity (Wildman–Crippen MR) is 126 cm³/mol. The number of anilines is 1. The van der Waals surface area contributed by atoms with E-state index in [0.29, 0.717) is 21.3 Å². The van der Waals surface area contributed by atoms with E-state index >= 15 is 0 Å². The van der Waals surface area contributed by atoms with Crippen LogP contribution in [0, 0.1) is 0 Å². The third-order valence-corrected chi connectivity index (χ3v) is 6.50. The van der Waals surface area contributed by atoms with Gasteiger partial charge in [-0.05, 0) is 79.9 Å². The zero-order chi connectivity index (χ0) is 19.8. The van der Waals surface area contributed by atoms with Gasteiger partial charge in [0.25, 0.3) is 0 Å². The first-order valence-corrected chi connectivity index (χ1v) is 11.8. The Hall–Kier alpha value is -1.14. The molecule has 2 aromatic rings. The molecule has 0 atom stereocenters. The molecule has 150 valence electrons. The molecule has 0 spiro atoms.